The maximum Gasteiger partial charge on any atom is 0.188 e. The molecule has 0 unspecified atom stereocenters. The molecule has 1 heterocycles. The molecule has 0 radical (unpaired) electrons. The Labute approximate surface area is 383 Å². The lowest BCUT2D eigenvalue weighted by Gasteiger charge is -2.14. The molecule has 0 atom stereocenters. The highest BCUT2D eigenvalue weighted by atomic mass is 15.0. The molecular formula is C61H37N5. The molecule has 0 aliphatic carbocycles. The summed E-state index contributed by atoms with van der Waals surface area (Å²) in [7, 11) is 0. The number of nitriles is 1. The van der Waals surface area contributed by atoms with Gasteiger partial charge in [-0.1, -0.05) is 176 Å². The third-order valence-corrected chi connectivity index (χ3v) is 12.2. The van der Waals surface area contributed by atoms with Crippen LogP contribution in [0.25, 0.3) is 116 Å². The molecule has 0 N–H and O–H groups in total. The Hall–Kier alpha value is -9.29. The van der Waals surface area contributed by atoms with Crippen LogP contribution < -0.4 is 0 Å². The zero-order valence-electron chi connectivity index (χ0n) is 35.6. The zero-order valence-corrected chi connectivity index (χ0v) is 35.6. The molecule has 0 aliphatic rings. The first-order valence-corrected chi connectivity index (χ1v) is 21.7. The standard InChI is InChI=1S/C61H37N5/c1-63-54-36-52(50-17-10-15-48(34-50)47-14-9-16-49(33-47)51-32-29-44-28-27-43-11-5-6-18-55(43)58(44)38-51)35-53(37-54)56-19-7-8-20-57(56)61-65-59(45-12-3-2-4-13-45)64-60(66-61)46-30-25-42(26-31-46)41-23-21-40(39-62)22-24-41/h2-38H. The van der Waals surface area contributed by atoms with Crippen molar-refractivity contribution in [3.63, 3.8) is 0 Å². The zero-order chi connectivity index (χ0) is 44.4. The normalized spacial score (nSPS) is 11.0. The van der Waals surface area contributed by atoms with Gasteiger partial charge in [0.05, 0.1) is 18.2 Å². The fraction of sp³-hybridized carbons (Fsp3) is 0. The van der Waals surface area contributed by atoms with E-state index in [4.69, 9.17) is 21.5 Å². The van der Waals surface area contributed by atoms with E-state index < -0.39 is 0 Å². The van der Waals surface area contributed by atoms with Crippen molar-refractivity contribution in [2.45, 2.75) is 0 Å². The first-order chi connectivity index (χ1) is 32.6. The molecule has 0 saturated carbocycles. The van der Waals surface area contributed by atoms with Gasteiger partial charge in [0.15, 0.2) is 23.2 Å². The Bertz CT molecular complexity index is 3710. The van der Waals surface area contributed by atoms with Crippen LogP contribution in [0.1, 0.15) is 5.56 Å². The van der Waals surface area contributed by atoms with Gasteiger partial charge in [-0.25, -0.2) is 19.8 Å². The monoisotopic (exact) mass is 839 g/mol. The molecule has 0 spiro atoms. The van der Waals surface area contributed by atoms with Crippen molar-refractivity contribution in [2.24, 2.45) is 0 Å². The molecule has 10 aromatic carbocycles. The van der Waals surface area contributed by atoms with Crippen LogP contribution in [0, 0.1) is 17.9 Å². The molecule has 11 rings (SSSR count). The fourth-order valence-corrected chi connectivity index (χ4v) is 8.76. The number of fused-ring (bicyclic) bond motifs is 3. The molecular weight excluding hydrogens is 803 g/mol. The van der Waals surface area contributed by atoms with E-state index in [1.165, 1.54) is 27.1 Å². The Balaban J connectivity index is 0.960. The number of rotatable bonds is 8. The third-order valence-electron chi connectivity index (χ3n) is 12.2. The fourth-order valence-electron chi connectivity index (χ4n) is 8.76. The van der Waals surface area contributed by atoms with Gasteiger partial charge in [0.1, 0.15) is 0 Å². The second kappa shape index (κ2) is 17.1. The smallest absolute Gasteiger partial charge is 0.188 e. The maximum absolute atomic E-state index is 9.27. The van der Waals surface area contributed by atoms with Gasteiger partial charge in [-0.05, 0) is 126 Å². The molecule has 0 saturated heterocycles. The molecule has 0 fully saturated rings. The van der Waals surface area contributed by atoms with Crippen molar-refractivity contribution in [3.05, 3.63) is 241 Å². The summed E-state index contributed by atoms with van der Waals surface area (Å²) in [4.78, 5) is 19.1. The van der Waals surface area contributed by atoms with E-state index >= 15 is 0 Å². The number of aromatic nitrogens is 3. The molecule has 0 amide bonds. The molecule has 11 aromatic rings. The Morgan fingerprint density at radius 3 is 1.45 bits per heavy atom. The van der Waals surface area contributed by atoms with Gasteiger partial charge in [0.25, 0.3) is 0 Å². The minimum Gasteiger partial charge on any atom is -0.238 e. The molecule has 306 valence electrons. The molecule has 66 heavy (non-hydrogen) atoms. The number of nitrogens with zero attached hydrogens (tertiary/aromatic N) is 5. The molecule has 5 nitrogen and oxygen atoms in total. The van der Waals surface area contributed by atoms with E-state index in [2.05, 4.69) is 126 Å². The lowest BCUT2D eigenvalue weighted by atomic mass is 9.92. The molecule has 5 heteroatoms. The van der Waals surface area contributed by atoms with Crippen molar-refractivity contribution < 1.29 is 0 Å². The van der Waals surface area contributed by atoms with Crippen LogP contribution in [0.2, 0.25) is 0 Å². The molecule has 1 aromatic heterocycles. The van der Waals surface area contributed by atoms with Crippen molar-refractivity contribution >= 4 is 27.2 Å². The second-order valence-electron chi connectivity index (χ2n) is 16.2. The highest BCUT2D eigenvalue weighted by molar-refractivity contribution is 6.08. The van der Waals surface area contributed by atoms with E-state index in [9.17, 15) is 5.26 Å². The topological polar surface area (TPSA) is 66.8 Å². The van der Waals surface area contributed by atoms with Crippen molar-refractivity contribution in [1.29, 1.82) is 5.26 Å². The Morgan fingerprint density at radius 1 is 0.333 bits per heavy atom. The summed E-state index contributed by atoms with van der Waals surface area (Å²) >= 11 is 0. The second-order valence-corrected chi connectivity index (χ2v) is 16.2. The van der Waals surface area contributed by atoms with Gasteiger partial charge in [-0.2, -0.15) is 5.26 Å². The van der Waals surface area contributed by atoms with E-state index in [0.29, 0.717) is 28.7 Å². The van der Waals surface area contributed by atoms with Crippen molar-refractivity contribution in [2.75, 3.05) is 0 Å². The van der Waals surface area contributed by atoms with Gasteiger partial charge >= 0.3 is 0 Å². The van der Waals surface area contributed by atoms with Crippen LogP contribution in [0.3, 0.4) is 0 Å². The van der Waals surface area contributed by atoms with Crippen LogP contribution in [0.15, 0.2) is 224 Å². The Kier molecular flexibility index (Phi) is 10.3. The average Bonchev–Trinajstić information content (AvgIpc) is 3.40. The van der Waals surface area contributed by atoms with Crippen LogP contribution in [-0.4, -0.2) is 15.0 Å². The van der Waals surface area contributed by atoms with Crippen LogP contribution in [0.4, 0.5) is 5.69 Å². The number of benzene rings is 10. The van der Waals surface area contributed by atoms with Crippen LogP contribution in [-0.2, 0) is 0 Å². The summed E-state index contributed by atoms with van der Waals surface area (Å²) < 4.78 is 0. The lowest BCUT2D eigenvalue weighted by Crippen LogP contribution is -2.01. The van der Waals surface area contributed by atoms with Crippen molar-refractivity contribution in [3.8, 4) is 95.9 Å². The van der Waals surface area contributed by atoms with Gasteiger partial charge in [0.2, 0.25) is 0 Å². The first kappa shape index (κ1) is 39.5. The van der Waals surface area contributed by atoms with Gasteiger partial charge in [-0.3, -0.25) is 0 Å². The highest BCUT2D eigenvalue weighted by Crippen LogP contribution is 2.39. The quantitative estimate of drug-likeness (QED) is 0.113. The third kappa shape index (κ3) is 7.75. The van der Waals surface area contributed by atoms with E-state index in [-0.39, 0.29) is 0 Å². The maximum atomic E-state index is 9.27. The minimum atomic E-state index is 0.530. The van der Waals surface area contributed by atoms with E-state index in [1.807, 2.05) is 109 Å². The SMILES string of the molecule is [C-]#[N+]c1cc(-c2cccc(-c3cccc(-c4ccc5ccc6ccccc6c5c4)c3)c2)cc(-c2ccccc2-c2nc(-c3ccccc3)nc(-c3ccc(-c4ccc(C#N)cc4)cc3)n2)c1. The Morgan fingerprint density at radius 2 is 0.788 bits per heavy atom. The van der Waals surface area contributed by atoms with Crippen LogP contribution in [0.5, 0.6) is 0 Å². The number of hydrogen-bond acceptors (Lipinski definition) is 4. The van der Waals surface area contributed by atoms with Gasteiger partial charge in [-0.15, -0.1) is 0 Å². The highest BCUT2D eigenvalue weighted by Gasteiger charge is 2.17. The largest absolute Gasteiger partial charge is 0.238 e. The predicted octanol–water partition coefficient (Wildman–Crippen LogP) is 15.9. The van der Waals surface area contributed by atoms with Crippen LogP contribution >= 0.6 is 0 Å². The van der Waals surface area contributed by atoms with E-state index in [0.717, 1.165) is 66.8 Å². The predicted molar refractivity (Wildman–Crippen MR) is 269 cm³/mol. The first-order valence-electron chi connectivity index (χ1n) is 21.7. The molecule has 0 bridgehead atoms. The van der Waals surface area contributed by atoms with Gasteiger partial charge < -0.3 is 0 Å². The van der Waals surface area contributed by atoms with Gasteiger partial charge in [0, 0.05) is 16.7 Å². The minimum absolute atomic E-state index is 0.530. The van der Waals surface area contributed by atoms with E-state index in [1.54, 1.807) is 0 Å². The van der Waals surface area contributed by atoms with Crippen molar-refractivity contribution in [1.82, 2.24) is 15.0 Å². The summed E-state index contributed by atoms with van der Waals surface area (Å²) in [6, 6.07) is 79.0. The summed E-state index contributed by atoms with van der Waals surface area (Å²) in [5.41, 5.74) is 14.0. The summed E-state index contributed by atoms with van der Waals surface area (Å²) in [6.07, 6.45) is 0. The summed E-state index contributed by atoms with van der Waals surface area (Å²) in [5, 5.41) is 14.2. The number of hydrogen-bond donors (Lipinski definition) is 0. The summed E-state index contributed by atoms with van der Waals surface area (Å²) in [6.45, 7) is 8.17. The summed E-state index contributed by atoms with van der Waals surface area (Å²) in [5.74, 6) is 1.64. The average molecular weight is 840 g/mol. The molecule has 0 aliphatic heterocycles. The lowest BCUT2D eigenvalue weighted by molar-refractivity contribution is 1.07.